The number of benzene rings is 2. The van der Waals surface area contributed by atoms with Gasteiger partial charge in [0.1, 0.15) is 0 Å². The minimum absolute atomic E-state index is 0.0367. The van der Waals surface area contributed by atoms with E-state index in [2.05, 4.69) is 25.8 Å². The Balaban J connectivity index is 1.37. The van der Waals surface area contributed by atoms with E-state index < -0.39 is 0 Å². The molecule has 6 nitrogen and oxygen atoms in total. The highest BCUT2D eigenvalue weighted by Gasteiger charge is 2.24. The number of rotatable bonds is 6. The number of hydrogen-bond donors (Lipinski definition) is 3. The molecule has 2 aromatic heterocycles. The number of para-hydroxylation sites is 1. The molecule has 1 saturated carbocycles. The van der Waals surface area contributed by atoms with Crippen LogP contribution in [-0.2, 0) is 0 Å². The van der Waals surface area contributed by atoms with Crippen molar-refractivity contribution in [2.24, 2.45) is 0 Å². The van der Waals surface area contributed by atoms with Crippen molar-refractivity contribution in [1.82, 2.24) is 20.5 Å². The molecule has 0 radical (unpaired) electrons. The number of hydrogen-bond acceptors (Lipinski definition) is 4. The van der Waals surface area contributed by atoms with Crippen molar-refractivity contribution < 1.29 is 4.79 Å². The van der Waals surface area contributed by atoms with Crippen molar-refractivity contribution in [2.45, 2.75) is 25.8 Å². The van der Waals surface area contributed by atoms with Crippen molar-refractivity contribution in [3.63, 3.8) is 0 Å². The topological polar surface area (TPSA) is 82.7 Å². The first-order valence-corrected chi connectivity index (χ1v) is 10.4. The lowest BCUT2D eigenvalue weighted by molar-refractivity contribution is 0.0952. The van der Waals surface area contributed by atoms with E-state index in [-0.39, 0.29) is 5.91 Å². The van der Waals surface area contributed by atoms with E-state index in [4.69, 9.17) is 0 Å². The molecule has 3 N–H and O–H groups in total. The number of amides is 1. The zero-order valence-electron chi connectivity index (χ0n) is 17.2. The van der Waals surface area contributed by atoms with Crippen LogP contribution in [0, 0.1) is 6.92 Å². The van der Waals surface area contributed by atoms with Crippen molar-refractivity contribution in [2.75, 3.05) is 5.32 Å². The molecule has 5 rings (SSSR count). The normalized spacial score (nSPS) is 13.6. The lowest BCUT2D eigenvalue weighted by Crippen LogP contribution is -2.26. The highest BCUT2D eigenvalue weighted by atomic mass is 16.1. The van der Waals surface area contributed by atoms with E-state index in [0.717, 1.165) is 46.5 Å². The average Bonchev–Trinajstić information content (AvgIpc) is 3.50. The van der Waals surface area contributed by atoms with Crippen LogP contribution in [0.15, 0.2) is 60.8 Å². The van der Waals surface area contributed by atoms with Gasteiger partial charge < -0.3 is 10.6 Å². The standard InChI is InChI=1S/C25H23N5O/c1-16-12-13-26-18(14-16)9-11-23-20-10-8-19(15-24(20)30-29-23)27-22-5-3-2-4-21(22)25(31)28-17-6-7-17/h2-5,8-15,17,27H,6-7H2,1H3,(H,28,31)(H,29,30)/b11-9+. The molecule has 1 aliphatic carbocycles. The van der Waals surface area contributed by atoms with Crippen LogP contribution in [0.25, 0.3) is 23.1 Å². The number of H-pyrrole nitrogens is 1. The summed E-state index contributed by atoms with van der Waals surface area (Å²) in [6.07, 6.45) is 7.86. The minimum Gasteiger partial charge on any atom is -0.355 e. The fourth-order valence-electron chi connectivity index (χ4n) is 3.50. The summed E-state index contributed by atoms with van der Waals surface area (Å²) in [5.74, 6) is -0.0367. The van der Waals surface area contributed by atoms with Crippen LogP contribution < -0.4 is 10.6 Å². The molecule has 0 bridgehead atoms. The third-order valence-electron chi connectivity index (χ3n) is 5.30. The molecule has 2 heterocycles. The molecule has 0 spiro atoms. The summed E-state index contributed by atoms with van der Waals surface area (Å²) in [4.78, 5) is 16.9. The number of nitrogens with one attached hydrogen (secondary N) is 3. The van der Waals surface area contributed by atoms with Crippen LogP contribution in [0.4, 0.5) is 11.4 Å². The van der Waals surface area contributed by atoms with Gasteiger partial charge in [-0.15, -0.1) is 0 Å². The first-order valence-electron chi connectivity index (χ1n) is 10.4. The number of nitrogens with zero attached hydrogens (tertiary/aromatic N) is 2. The second-order valence-electron chi connectivity index (χ2n) is 7.88. The average molecular weight is 409 g/mol. The lowest BCUT2D eigenvalue weighted by Gasteiger charge is -2.12. The van der Waals surface area contributed by atoms with E-state index in [9.17, 15) is 4.79 Å². The van der Waals surface area contributed by atoms with Gasteiger partial charge in [0.05, 0.1) is 28.2 Å². The quantitative estimate of drug-likeness (QED) is 0.415. The summed E-state index contributed by atoms with van der Waals surface area (Å²) in [5, 5.41) is 15.0. The molecule has 0 atom stereocenters. The van der Waals surface area contributed by atoms with Crippen LogP contribution in [-0.4, -0.2) is 27.1 Å². The summed E-state index contributed by atoms with van der Waals surface area (Å²) in [5.41, 5.74) is 6.16. The van der Waals surface area contributed by atoms with E-state index in [1.807, 2.05) is 73.7 Å². The molecule has 31 heavy (non-hydrogen) atoms. The fourth-order valence-corrected chi connectivity index (χ4v) is 3.50. The molecule has 2 aromatic carbocycles. The van der Waals surface area contributed by atoms with E-state index in [1.165, 1.54) is 5.56 Å². The molecule has 0 aliphatic heterocycles. The number of aromatic nitrogens is 3. The van der Waals surface area contributed by atoms with Crippen LogP contribution in [0.5, 0.6) is 0 Å². The largest absolute Gasteiger partial charge is 0.355 e. The maximum atomic E-state index is 12.6. The summed E-state index contributed by atoms with van der Waals surface area (Å²) >= 11 is 0. The molecule has 154 valence electrons. The Morgan fingerprint density at radius 3 is 2.81 bits per heavy atom. The zero-order valence-corrected chi connectivity index (χ0v) is 17.2. The highest BCUT2D eigenvalue weighted by Crippen LogP contribution is 2.27. The van der Waals surface area contributed by atoms with Crippen LogP contribution in [0.3, 0.4) is 0 Å². The van der Waals surface area contributed by atoms with Crippen LogP contribution >= 0.6 is 0 Å². The van der Waals surface area contributed by atoms with Gasteiger partial charge in [-0.1, -0.05) is 12.1 Å². The second-order valence-corrected chi connectivity index (χ2v) is 7.88. The molecule has 1 aliphatic rings. The van der Waals surface area contributed by atoms with Gasteiger partial charge in [-0.2, -0.15) is 5.10 Å². The Labute approximate surface area is 180 Å². The van der Waals surface area contributed by atoms with Crippen molar-refractivity contribution in [1.29, 1.82) is 0 Å². The summed E-state index contributed by atoms with van der Waals surface area (Å²) in [6, 6.07) is 17.9. The van der Waals surface area contributed by atoms with Gasteiger partial charge >= 0.3 is 0 Å². The third-order valence-corrected chi connectivity index (χ3v) is 5.30. The number of aryl methyl sites for hydroxylation is 1. The first kappa shape index (κ1) is 19.1. The Morgan fingerprint density at radius 2 is 1.97 bits per heavy atom. The molecule has 1 fully saturated rings. The Hall–Kier alpha value is -3.93. The highest BCUT2D eigenvalue weighted by molar-refractivity contribution is 6.01. The molecule has 0 saturated heterocycles. The van der Waals surface area contributed by atoms with Crippen molar-refractivity contribution in [3.8, 4) is 0 Å². The fraction of sp³-hybridized carbons (Fsp3) is 0.160. The molecule has 0 unspecified atom stereocenters. The SMILES string of the molecule is Cc1ccnc(/C=C/c2n[nH]c3cc(Nc4ccccc4C(=O)NC4CC4)ccc23)c1. The molecule has 4 aromatic rings. The number of fused-ring (bicyclic) bond motifs is 1. The molecular weight excluding hydrogens is 386 g/mol. The third kappa shape index (κ3) is 4.33. The van der Waals surface area contributed by atoms with Crippen LogP contribution in [0.2, 0.25) is 0 Å². The van der Waals surface area contributed by atoms with Gasteiger partial charge in [0.15, 0.2) is 0 Å². The van der Waals surface area contributed by atoms with E-state index >= 15 is 0 Å². The number of pyridine rings is 1. The summed E-state index contributed by atoms with van der Waals surface area (Å²) in [7, 11) is 0. The molecule has 6 heteroatoms. The zero-order chi connectivity index (χ0) is 21.2. The summed E-state index contributed by atoms with van der Waals surface area (Å²) in [6.45, 7) is 2.05. The maximum Gasteiger partial charge on any atom is 0.253 e. The van der Waals surface area contributed by atoms with Gasteiger partial charge in [-0.25, -0.2) is 0 Å². The second kappa shape index (κ2) is 8.07. The van der Waals surface area contributed by atoms with Crippen molar-refractivity contribution >= 4 is 40.3 Å². The Bertz CT molecular complexity index is 1290. The van der Waals surface area contributed by atoms with E-state index in [0.29, 0.717) is 11.6 Å². The molecular formula is C25H23N5O. The van der Waals surface area contributed by atoms with Crippen molar-refractivity contribution in [3.05, 3.63) is 83.3 Å². The van der Waals surface area contributed by atoms with Gasteiger partial charge in [-0.05, 0) is 79.9 Å². The van der Waals surface area contributed by atoms with Gasteiger partial charge in [0, 0.05) is 23.3 Å². The predicted molar refractivity (Wildman–Crippen MR) is 124 cm³/mol. The lowest BCUT2D eigenvalue weighted by atomic mass is 10.1. The van der Waals surface area contributed by atoms with Crippen LogP contribution in [0.1, 0.15) is 40.2 Å². The number of anilines is 2. The summed E-state index contributed by atoms with van der Waals surface area (Å²) < 4.78 is 0. The minimum atomic E-state index is -0.0367. The van der Waals surface area contributed by atoms with E-state index in [1.54, 1.807) is 6.20 Å². The molecule has 1 amide bonds. The first-order chi connectivity index (χ1) is 15.2. The van der Waals surface area contributed by atoms with Gasteiger partial charge in [0.2, 0.25) is 0 Å². The number of carbonyl (C=O) groups excluding carboxylic acids is 1. The maximum absolute atomic E-state index is 12.6. The van der Waals surface area contributed by atoms with Gasteiger partial charge in [-0.3, -0.25) is 14.9 Å². The van der Waals surface area contributed by atoms with Gasteiger partial charge in [0.25, 0.3) is 5.91 Å². The number of aromatic amines is 1. The Kier molecular flexibility index (Phi) is 4.96. The Morgan fingerprint density at radius 1 is 1.10 bits per heavy atom. The number of carbonyl (C=O) groups is 1. The monoisotopic (exact) mass is 409 g/mol. The smallest absolute Gasteiger partial charge is 0.253 e. The predicted octanol–water partition coefficient (Wildman–Crippen LogP) is 5.07.